The highest BCUT2D eigenvalue weighted by Gasteiger charge is 2.34. The second-order valence-corrected chi connectivity index (χ2v) is 4.44. The Morgan fingerprint density at radius 2 is 1.71 bits per heavy atom. The number of alkyl halides is 3. The SMILES string of the molecule is Fc1ccc2nc(-c3ccc(F)c(C(F)(F)F)c3)[nH]c2c1. The summed E-state index contributed by atoms with van der Waals surface area (Å²) >= 11 is 0. The minimum atomic E-state index is -4.79. The van der Waals surface area contributed by atoms with Crippen molar-refractivity contribution in [2.75, 3.05) is 0 Å². The van der Waals surface area contributed by atoms with Crippen LogP contribution in [0.4, 0.5) is 22.0 Å². The summed E-state index contributed by atoms with van der Waals surface area (Å²) in [6.07, 6.45) is -4.79. The molecule has 0 saturated carbocycles. The van der Waals surface area contributed by atoms with Crippen molar-refractivity contribution in [3.05, 3.63) is 53.6 Å². The van der Waals surface area contributed by atoms with Gasteiger partial charge in [0.1, 0.15) is 17.5 Å². The largest absolute Gasteiger partial charge is 0.419 e. The Morgan fingerprint density at radius 3 is 2.43 bits per heavy atom. The van der Waals surface area contributed by atoms with Gasteiger partial charge >= 0.3 is 6.18 Å². The molecule has 0 atom stereocenters. The molecular weight excluding hydrogens is 291 g/mol. The number of aromatic amines is 1. The van der Waals surface area contributed by atoms with Gasteiger partial charge in [0.25, 0.3) is 0 Å². The molecular formula is C14H7F5N2. The maximum absolute atomic E-state index is 13.2. The second-order valence-electron chi connectivity index (χ2n) is 4.44. The van der Waals surface area contributed by atoms with E-state index in [-0.39, 0.29) is 11.4 Å². The Hall–Kier alpha value is -2.44. The van der Waals surface area contributed by atoms with Crippen LogP contribution >= 0.6 is 0 Å². The van der Waals surface area contributed by atoms with Gasteiger partial charge in [0.2, 0.25) is 0 Å². The second kappa shape index (κ2) is 4.54. The molecule has 2 nitrogen and oxygen atoms in total. The van der Waals surface area contributed by atoms with Gasteiger partial charge in [-0.15, -0.1) is 0 Å². The fraction of sp³-hybridized carbons (Fsp3) is 0.0714. The molecule has 2 aromatic carbocycles. The minimum absolute atomic E-state index is 0.0698. The monoisotopic (exact) mass is 298 g/mol. The molecule has 0 fully saturated rings. The lowest BCUT2D eigenvalue weighted by molar-refractivity contribution is -0.139. The quantitative estimate of drug-likeness (QED) is 0.657. The smallest absolute Gasteiger partial charge is 0.338 e. The van der Waals surface area contributed by atoms with Crippen LogP contribution < -0.4 is 0 Å². The fourth-order valence-electron chi connectivity index (χ4n) is 2.01. The molecule has 0 unspecified atom stereocenters. The minimum Gasteiger partial charge on any atom is -0.338 e. The number of hydrogen-bond acceptors (Lipinski definition) is 1. The van der Waals surface area contributed by atoms with Crippen LogP contribution in [0.5, 0.6) is 0 Å². The molecule has 21 heavy (non-hydrogen) atoms. The number of rotatable bonds is 1. The van der Waals surface area contributed by atoms with E-state index in [9.17, 15) is 22.0 Å². The van der Waals surface area contributed by atoms with E-state index in [0.29, 0.717) is 17.1 Å². The molecule has 1 heterocycles. The molecule has 0 aliphatic heterocycles. The van der Waals surface area contributed by atoms with Crippen LogP contribution in [0.15, 0.2) is 36.4 Å². The van der Waals surface area contributed by atoms with Gasteiger partial charge in [-0.1, -0.05) is 0 Å². The number of halogens is 5. The van der Waals surface area contributed by atoms with Gasteiger partial charge < -0.3 is 4.98 Å². The van der Waals surface area contributed by atoms with E-state index in [2.05, 4.69) is 9.97 Å². The third-order valence-corrected chi connectivity index (χ3v) is 2.99. The molecule has 0 aliphatic rings. The van der Waals surface area contributed by atoms with E-state index >= 15 is 0 Å². The summed E-state index contributed by atoms with van der Waals surface area (Å²) in [5, 5.41) is 0. The van der Waals surface area contributed by atoms with Crippen LogP contribution in [0.3, 0.4) is 0 Å². The number of fused-ring (bicyclic) bond motifs is 1. The lowest BCUT2D eigenvalue weighted by atomic mass is 10.1. The normalized spacial score (nSPS) is 12.0. The Bertz CT molecular complexity index is 820. The number of nitrogens with zero attached hydrogens (tertiary/aromatic N) is 1. The number of hydrogen-bond donors (Lipinski definition) is 1. The molecule has 1 aromatic heterocycles. The van der Waals surface area contributed by atoms with Crippen molar-refractivity contribution in [1.82, 2.24) is 9.97 Å². The first-order chi connectivity index (χ1) is 9.84. The predicted octanol–water partition coefficient (Wildman–Crippen LogP) is 4.53. The van der Waals surface area contributed by atoms with E-state index in [0.717, 1.165) is 6.07 Å². The van der Waals surface area contributed by atoms with Crippen LogP contribution in [0.1, 0.15) is 5.56 Å². The maximum atomic E-state index is 13.2. The predicted molar refractivity (Wildman–Crippen MR) is 66.4 cm³/mol. The van der Waals surface area contributed by atoms with Crippen molar-refractivity contribution >= 4 is 11.0 Å². The number of aromatic nitrogens is 2. The Balaban J connectivity index is 2.14. The first-order valence-corrected chi connectivity index (χ1v) is 5.87. The summed E-state index contributed by atoms with van der Waals surface area (Å²) in [5.41, 5.74) is -0.542. The van der Waals surface area contributed by atoms with Crippen molar-refractivity contribution in [3.63, 3.8) is 0 Å². The highest BCUT2D eigenvalue weighted by atomic mass is 19.4. The van der Waals surface area contributed by atoms with Gasteiger partial charge in [0, 0.05) is 5.56 Å². The van der Waals surface area contributed by atoms with E-state index in [4.69, 9.17) is 0 Å². The maximum Gasteiger partial charge on any atom is 0.419 e. The molecule has 3 aromatic rings. The summed E-state index contributed by atoms with van der Waals surface area (Å²) < 4.78 is 64.4. The molecule has 0 saturated heterocycles. The van der Waals surface area contributed by atoms with Crippen molar-refractivity contribution in [1.29, 1.82) is 0 Å². The molecule has 1 N–H and O–H groups in total. The third-order valence-electron chi connectivity index (χ3n) is 2.99. The molecule has 7 heteroatoms. The first kappa shape index (κ1) is 13.5. The Labute approximate surface area is 115 Å². The van der Waals surface area contributed by atoms with Crippen molar-refractivity contribution in [3.8, 4) is 11.4 Å². The molecule has 0 aliphatic carbocycles. The number of H-pyrrole nitrogens is 1. The summed E-state index contributed by atoms with van der Waals surface area (Å²) in [6.45, 7) is 0. The van der Waals surface area contributed by atoms with Crippen LogP contribution in [0.2, 0.25) is 0 Å². The topological polar surface area (TPSA) is 28.7 Å². The number of benzene rings is 2. The van der Waals surface area contributed by atoms with Crippen LogP contribution in [0.25, 0.3) is 22.4 Å². The van der Waals surface area contributed by atoms with E-state index in [1.54, 1.807) is 0 Å². The van der Waals surface area contributed by atoms with Crippen LogP contribution in [-0.4, -0.2) is 9.97 Å². The van der Waals surface area contributed by atoms with Crippen molar-refractivity contribution < 1.29 is 22.0 Å². The summed E-state index contributed by atoms with van der Waals surface area (Å²) in [5.74, 6) is -1.73. The average molecular weight is 298 g/mol. The summed E-state index contributed by atoms with van der Waals surface area (Å²) in [6, 6.07) is 6.35. The lowest BCUT2D eigenvalue weighted by Gasteiger charge is -2.08. The summed E-state index contributed by atoms with van der Waals surface area (Å²) in [7, 11) is 0. The molecule has 0 spiro atoms. The molecule has 3 rings (SSSR count). The van der Waals surface area contributed by atoms with Crippen LogP contribution in [0, 0.1) is 11.6 Å². The van der Waals surface area contributed by atoms with E-state index in [1.807, 2.05) is 0 Å². The van der Waals surface area contributed by atoms with Gasteiger partial charge in [-0.05, 0) is 36.4 Å². The van der Waals surface area contributed by atoms with Gasteiger partial charge in [-0.3, -0.25) is 0 Å². The molecule has 0 amide bonds. The van der Waals surface area contributed by atoms with Gasteiger partial charge in [-0.2, -0.15) is 13.2 Å². The average Bonchev–Trinajstić information content (AvgIpc) is 2.80. The first-order valence-electron chi connectivity index (χ1n) is 5.87. The van der Waals surface area contributed by atoms with Gasteiger partial charge in [0.05, 0.1) is 16.6 Å². The Morgan fingerprint density at radius 1 is 0.952 bits per heavy atom. The number of nitrogens with one attached hydrogen (secondary N) is 1. The molecule has 0 bridgehead atoms. The van der Waals surface area contributed by atoms with Gasteiger partial charge in [-0.25, -0.2) is 13.8 Å². The standard InChI is InChI=1S/C14H7F5N2/c15-8-2-4-11-12(6-8)21-13(20-11)7-1-3-10(16)9(5-7)14(17,18)19/h1-6H,(H,20,21). The van der Waals surface area contributed by atoms with Gasteiger partial charge in [0.15, 0.2) is 0 Å². The summed E-state index contributed by atoms with van der Waals surface area (Å²) in [4.78, 5) is 6.77. The third kappa shape index (κ3) is 2.46. The molecule has 0 radical (unpaired) electrons. The van der Waals surface area contributed by atoms with Crippen molar-refractivity contribution in [2.45, 2.75) is 6.18 Å². The van der Waals surface area contributed by atoms with E-state index in [1.165, 1.54) is 24.3 Å². The highest BCUT2D eigenvalue weighted by Crippen LogP contribution is 2.34. The van der Waals surface area contributed by atoms with Crippen LogP contribution in [-0.2, 0) is 6.18 Å². The zero-order valence-corrected chi connectivity index (χ0v) is 10.3. The van der Waals surface area contributed by atoms with Crippen molar-refractivity contribution in [2.24, 2.45) is 0 Å². The van der Waals surface area contributed by atoms with E-state index < -0.39 is 23.4 Å². The fourth-order valence-corrected chi connectivity index (χ4v) is 2.01. The lowest BCUT2D eigenvalue weighted by Crippen LogP contribution is -2.08. The number of imidazole rings is 1. The zero-order chi connectivity index (χ0) is 15.2. The molecule has 108 valence electrons. The Kier molecular flexibility index (Phi) is 2.93. The highest BCUT2D eigenvalue weighted by molar-refractivity contribution is 5.79. The zero-order valence-electron chi connectivity index (χ0n) is 10.3.